The summed E-state index contributed by atoms with van der Waals surface area (Å²) in [4.78, 5) is 18.4. The van der Waals surface area contributed by atoms with E-state index in [0.29, 0.717) is 11.1 Å². The lowest BCUT2D eigenvalue weighted by Gasteiger charge is -2.08. The van der Waals surface area contributed by atoms with Gasteiger partial charge >= 0.3 is 0 Å². The zero-order chi connectivity index (χ0) is 44.6. The maximum absolute atomic E-state index is 9.70. The summed E-state index contributed by atoms with van der Waals surface area (Å²) in [5, 5.41) is 19.4. The molecule has 2 N–H and O–H groups in total. The molecular formula is C56H44N6Si2. The Balaban J connectivity index is 1.39. The van der Waals surface area contributed by atoms with E-state index in [2.05, 4.69) is 181 Å². The summed E-state index contributed by atoms with van der Waals surface area (Å²) in [5.74, 6) is 6.81. The molecule has 0 radical (unpaired) electrons. The zero-order valence-electron chi connectivity index (χ0n) is 36.6. The van der Waals surface area contributed by atoms with Gasteiger partial charge in [0.05, 0.1) is 46.0 Å². The fraction of sp³-hybridized carbons (Fsp3) is 0.107. The van der Waals surface area contributed by atoms with Crippen molar-refractivity contribution in [2.24, 2.45) is 0 Å². The summed E-state index contributed by atoms with van der Waals surface area (Å²) in [7, 11) is -3.14. The molecule has 9 rings (SSSR count). The predicted octanol–water partition coefficient (Wildman–Crippen LogP) is 13.5. The molecule has 0 amide bonds. The standard InChI is InChI=1S/C56H44N6Si2/c1-63(2,3)33-31-37-7-15-41(16-8-37)53-45-23-27-49(59-45)55(43-19-11-39(35-57)12-20-43)51-29-25-47(61-51)54(42-17-9-38(10-18-42)32-34-64(4,5)6)48-26-30-52(62-48)56(50-28-24-46(53)60-50)44-21-13-40(36-58)14-22-44/h7-30,59,62H,1-6H3. The SMILES string of the molecule is C[Si](C)(C)C#Cc1ccc(-c2c3nc(c(-c4ccc(C#N)cc4)c4ccc([nH]4)c(-c4ccc(C#C[Si](C)(C)C)cc4)c4nc(c(-c5ccc(C#N)cc5)c5ccc2[nH]5)C=C4)C=C3)cc1. The maximum atomic E-state index is 9.70. The molecular weight excluding hydrogens is 813 g/mol. The molecule has 0 aliphatic carbocycles. The molecule has 5 heterocycles. The third-order valence-corrected chi connectivity index (χ3v) is 12.6. The van der Waals surface area contributed by atoms with Crippen molar-refractivity contribution in [3.05, 3.63) is 166 Å². The molecule has 0 saturated carbocycles. The average Bonchev–Trinajstić information content (AvgIpc) is 4.14. The van der Waals surface area contributed by atoms with Crippen molar-refractivity contribution in [3.8, 4) is 79.6 Å². The highest BCUT2D eigenvalue weighted by atomic mass is 28.3. The Kier molecular flexibility index (Phi) is 10.8. The van der Waals surface area contributed by atoms with Crippen molar-refractivity contribution < 1.29 is 0 Å². The van der Waals surface area contributed by atoms with Crippen LogP contribution in [0.15, 0.2) is 121 Å². The Bertz CT molecular complexity index is 3210. The van der Waals surface area contributed by atoms with E-state index in [1.165, 1.54) is 0 Å². The monoisotopic (exact) mass is 856 g/mol. The molecule has 7 aromatic rings. The molecule has 306 valence electrons. The van der Waals surface area contributed by atoms with Gasteiger partial charge in [0.2, 0.25) is 0 Å². The number of hydrogen-bond donors (Lipinski definition) is 2. The molecule has 0 unspecified atom stereocenters. The smallest absolute Gasteiger partial charge is 0.129 e. The fourth-order valence-corrected chi connectivity index (χ4v) is 8.84. The van der Waals surface area contributed by atoms with Crippen molar-refractivity contribution in [1.82, 2.24) is 19.9 Å². The van der Waals surface area contributed by atoms with Crippen molar-refractivity contribution in [3.63, 3.8) is 0 Å². The second-order valence-electron chi connectivity index (χ2n) is 18.0. The van der Waals surface area contributed by atoms with Crippen LogP contribution in [-0.2, 0) is 0 Å². The Hall–Kier alpha value is -7.99. The molecule has 0 fully saturated rings. The first kappa shape index (κ1) is 41.4. The van der Waals surface area contributed by atoms with Gasteiger partial charge in [0.25, 0.3) is 0 Å². The molecule has 64 heavy (non-hydrogen) atoms. The van der Waals surface area contributed by atoms with Crippen LogP contribution < -0.4 is 0 Å². The van der Waals surface area contributed by atoms with Crippen LogP contribution in [0.25, 0.3) is 90.9 Å². The Morgan fingerprint density at radius 2 is 0.609 bits per heavy atom. The first-order chi connectivity index (χ1) is 30.8. The lowest BCUT2D eigenvalue weighted by atomic mass is 10.0. The number of fused-ring (bicyclic) bond motifs is 8. The first-order valence-electron chi connectivity index (χ1n) is 21.3. The van der Waals surface area contributed by atoms with Gasteiger partial charge in [-0.2, -0.15) is 10.5 Å². The van der Waals surface area contributed by atoms with Crippen LogP contribution in [-0.4, -0.2) is 36.1 Å². The molecule has 0 atom stereocenters. The topological polar surface area (TPSA) is 105 Å². The van der Waals surface area contributed by atoms with Crippen LogP contribution in [0.3, 0.4) is 0 Å². The summed E-state index contributed by atoms with van der Waals surface area (Å²) in [6, 6.07) is 45.1. The number of nitrogens with zero attached hydrogens (tertiary/aromatic N) is 4. The van der Waals surface area contributed by atoms with E-state index in [1.807, 2.05) is 48.5 Å². The maximum Gasteiger partial charge on any atom is 0.129 e. The van der Waals surface area contributed by atoms with Gasteiger partial charge in [-0.1, -0.05) is 99.7 Å². The number of H-pyrrole nitrogens is 2. The minimum Gasteiger partial charge on any atom is -0.354 e. The van der Waals surface area contributed by atoms with Crippen LogP contribution >= 0.6 is 0 Å². The summed E-state index contributed by atoms with van der Waals surface area (Å²) in [6.07, 6.45) is 8.30. The highest BCUT2D eigenvalue weighted by Gasteiger charge is 2.19. The van der Waals surface area contributed by atoms with Gasteiger partial charge in [-0.15, -0.1) is 11.1 Å². The summed E-state index contributed by atoms with van der Waals surface area (Å²) < 4.78 is 0. The van der Waals surface area contributed by atoms with Crippen molar-refractivity contribution in [1.29, 1.82) is 10.5 Å². The van der Waals surface area contributed by atoms with Crippen molar-refractivity contribution >= 4 is 62.5 Å². The van der Waals surface area contributed by atoms with Crippen LogP contribution in [0.5, 0.6) is 0 Å². The van der Waals surface area contributed by atoms with Gasteiger partial charge in [-0.3, -0.25) is 0 Å². The molecule has 2 aliphatic heterocycles. The van der Waals surface area contributed by atoms with E-state index >= 15 is 0 Å². The summed E-state index contributed by atoms with van der Waals surface area (Å²) in [6.45, 7) is 13.5. The minimum absolute atomic E-state index is 0.584. The molecule has 8 heteroatoms. The molecule has 2 aliphatic rings. The Morgan fingerprint density at radius 3 is 0.844 bits per heavy atom. The van der Waals surface area contributed by atoms with E-state index in [9.17, 15) is 10.5 Å². The Labute approximate surface area is 376 Å². The second-order valence-corrected chi connectivity index (χ2v) is 27.5. The third kappa shape index (κ3) is 8.71. The van der Waals surface area contributed by atoms with E-state index in [-0.39, 0.29) is 0 Å². The van der Waals surface area contributed by atoms with E-state index in [4.69, 9.17) is 9.97 Å². The van der Waals surface area contributed by atoms with E-state index in [0.717, 1.165) is 100 Å². The fourth-order valence-electron chi connectivity index (χ4n) is 7.80. The molecule has 3 aromatic heterocycles. The van der Waals surface area contributed by atoms with Gasteiger partial charge in [0.15, 0.2) is 0 Å². The van der Waals surface area contributed by atoms with Crippen molar-refractivity contribution in [2.75, 3.05) is 0 Å². The highest BCUT2D eigenvalue weighted by molar-refractivity contribution is 6.84. The number of hydrogen-bond acceptors (Lipinski definition) is 4. The lowest BCUT2D eigenvalue weighted by Crippen LogP contribution is -2.16. The number of aromatic amines is 2. The van der Waals surface area contributed by atoms with E-state index in [1.54, 1.807) is 0 Å². The minimum atomic E-state index is -1.57. The normalized spacial score (nSPS) is 11.8. The quantitative estimate of drug-likeness (QED) is 0.136. The molecule has 8 bridgehead atoms. The average molecular weight is 857 g/mol. The molecule has 4 aromatic carbocycles. The molecule has 0 saturated heterocycles. The van der Waals surface area contributed by atoms with Gasteiger partial charge in [0, 0.05) is 55.4 Å². The second kappa shape index (κ2) is 16.7. The number of nitriles is 2. The zero-order valence-corrected chi connectivity index (χ0v) is 38.6. The first-order valence-corrected chi connectivity index (χ1v) is 28.3. The highest BCUT2D eigenvalue weighted by Crippen LogP contribution is 2.38. The van der Waals surface area contributed by atoms with Crippen molar-refractivity contribution in [2.45, 2.75) is 39.3 Å². The van der Waals surface area contributed by atoms with Crippen LogP contribution in [0.2, 0.25) is 39.3 Å². The van der Waals surface area contributed by atoms with Crippen LogP contribution in [0.1, 0.15) is 45.0 Å². The van der Waals surface area contributed by atoms with Gasteiger partial charge in [0.1, 0.15) is 16.1 Å². The van der Waals surface area contributed by atoms with Crippen LogP contribution in [0, 0.1) is 45.6 Å². The summed E-state index contributed by atoms with van der Waals surface area (Å²) in [5.41, 5.74) is 24.3. The van der Waals surface area contributed by atoms with Crippen LogP contribution in [0.4, 0.5) is 0 Å². The molecule has 6 nitrogen and oxygen atoms in total. The number of benzene rings is 4. The third-order valence-electron chi connectivity index (χ3n) is 10.9. The van der Waals surface area contributed by atoms with E-state index < -0.39 is 16.1 Å². The van der Waals surface area contributed by atoms with Gasteiger partial charge < -0.3 is 9.97 Å². The lowest BCUT2D eigenvalue weighted by molar-refractivity contribution is 1.31. The summed E-state index contributed by atoms with van der Waals surface area (Å²) >= 11 is 0. The number of nitrogens with one attached hydrogen (secondary N) is 2. The number of rotatable bonds is 4. The molecule has 0 spiro atoms. The largest absolute Gasteiger partial charge is 0.354 e. The predicted molar refractivity (Wildman–Crippen MR) is 270 cm³/mol. The number of aromatic nitrogens is 4. The van der Waals surface area contributed by atoms with Gasteiger partial charge in [-0.05, 0) is 119 Å². The van der Waals surface area contributed by atoms with Gasteiger partial charge in [-0.25, -0.2) is 9.97 Å². The Morgan fingerprint density at radius 1 is 0.359 bits per heavy atom.